The van der Waals surface area contributed by atoms with Crippen molar-refractivity contribution in [2.24, 2.45) is 4.99 Å². The first-order valence-electron chi connectivity index (χ1n) is 9.99. The van der Waals surface area contributed by atoms with E-state index >= 15 is 0 Å². The van der Waals surface area contributed by atoms with Crippen LogP contribution in [0.15, 0.2) is 90.1 Å². The molecular weight excluding hydrogens is 372 g/mol. The predicted octanol–water partition coefficient (Wildman–Crippen LogP) is 5.10. The van der Waals surface area contributed by atoms with E-state index in [2.05, 4.69) is 30.1 Å². The Bertz CT molecular complexity index is 1140. The Morgan fingerprint density at radius 1 is 0.967 bits per heavy atom. The number of carbonyl (C=O) groups excluding carboxylic acids is 1. The minimum Gasteiger partial charge on any atom is -0.467 e. The summed E-state index contributed by atoms with van der Waals surface area (Å²) in [5.74, 6) is -0.346. The third-order valence-electron chi connectivity index (χ3n) is 5.19. The SMILES string of the molecule is COC(=O)C(Cc1c[nH]c2ccc(C)cc12)N=C(c1ccccc1)c1ccccc1. The maximum Gasteiger partial charge on any atom is 0.330 e. The second-order valence-corrected chi connectivity index (χ2v) is 7.32. The highest BCUT2D eigenvalue weighted by Gasteiger charge is 2.22. The number of H-pyrrole nitrogens is 1. The number of hydrogen-bond donors (Lipinski definition) is 1. The molecule has 0 aliphatic heterocycles. The van der Waals surface area contributed by atoms with Crippen LogP contribution >= 0.6 is 0 Å². The van der Waals surface area contributed by atoms with E-state index in [1.54, 1.807) is 0 Å². The number of benzene rings is 3. The van der Waals surface area contributed by atoms with Crippen LogP contribution in [0.4, 0.5) is 0 Å². The number of aromatic amines is 1. The van der Waals surface area contributed by atoms with E-state index in [1.165, 1.54) is 12.7 Å². The summed E-state index contributed by atoms with van der Waals surface area (Å²) >= 11 is 0. The lowest BCUT2D eigenvalue weighted by molar-refractivity contribution is -0.142. The van der Waals surface area contributed by atoms with Crippen molar-refractivity contribution in [3.05, 3.63) is 107 Å². The number of aryl methyl sites for hydroxylation is 1. The zero-order chi connectivity index (χ0) is 20.9. The van der Waals surface area contributed by atoms with Crippen LogP contribution in [-0.2, 0) is 16.0 Å². The van der Waals surface area contributed by atoms with E-state index in [9.17, 15) is 4.79 Å². The molecule has 3 aromatic carbocycles. The Morgan fingerprint density at radius 3 is 2.20 bits per heavy atom. The van der Waals surface area contributed by atoms with E-state index in [0.717, 1.165) is 33.3 Å². The van der Waals surface area contributed by atoms with Crippen LogP contribution in [-0.4, -0.2) is 29.8 Å². The van der Waals surface area contributed by atoms with Gasteiger partial charge in [0.1, 0.15) is 0 Å². The van der Waals surface area contributed by atoms with Gasteiger partial charge in [-0.2, -0.15) is 0 Å². The van der Waals surface area contributed by atoms with Gasteiger partial charge in [0, 0.05) is 34.6 Å². The Kier molecular flexibility index (Phi) is 5.75. The van der Waals surface area contributed by atoms with Gasteiger partial charge in [-0.3, -0.25) is 4.99 Å². The lowest BCUT2D eigenvalue weighted by atomic mass is 10.00. The van der Waals surface area contributed by atoms with Gasteiger partial charge in [-0.1, -0.05) is 72.3 Å². The zero-order valence-corrected chi connectivity index (χ0v) is 17.1. The van der Waals surface area contributed by atoms with Crippen molar-refractivity contribution < 1.29 is 9.53 Å². The monoisotopic (exact) mass is 396 g/mol. The van der Waals surface area contributed by atoms with E-state index in [-0.39, 0.29) is 5.97 Å². The minimum absolute atomic E-state index is 0.346. The highest BCUT2D eigenvalue weighted by molar-refractivity contribution is 6.13. The van der Waals surface area contributed by atoms with Crippen molar-refractivity contribution in [2.45, 2.75) is 19.4 Å². The molecule has 30 heavy (non-hydrogen) atoms. The molecule has 4 heteroatoms. The van der Waals surface area contributed by atoms with E-state index in [1.807, 2.05) is 66.9 Å². The van der Waals surface area contributed by atoms with Crippen LogP contribution in [0.3, 0.4) is 0 Å². The van der Waals surface area contributed by atoms with Crippen molar-refractivity contribution in [2.75, 3.05) is 7.11 Å². The molecule has 1 aromatic heterocycles. The Labute approximate surface area is 176 Å². The average molecular weight is 396 g/mol. The predicted molar refractivity (Wildman–Crippen MR) is 121 cm³/mol. The van der Waals surface area contributed by atoms with Crippen molar-refractivity contribution in [3.63, 3.8) is 0 Å². The second-order valence-electron chi connectivity index (χ2n) is 7.32. The largest absolute Gasteiger partial charge is 0.467 e. The number of nitrogens with zero attached hydrogens (tertiary/aromatic N) is 1. The molecule has 1 heterocycles. The molecular formula is C26H24N2O2. The first kappa shape index (κ1) is 19.6. The van der Waals surface area contributed by atoms with Crippen molar-refractivity contribution in [1.82, 2.24) is 4.98 Å². The fraction of sp³-hybridized carbons (Fsp3) is 0.154. The lowest BCUT2D eigenvalue weighted by Gasteiger charge is -2.14. The van der Waals surface area contributed by atoms with Gasteiger partial charge >= 0.3 is 5.97 Å². The molecule has 4 rings (SSSR count). The van der Waals surface area contributed by atoms with Crippen LogP contribution in [0.2, 0.25) is 0 Å². The first-order valence-corrected chi connectivity index (χ1v) is 9.99. The maximum absolute atomic E-state index is 12.7. The number of methoxy groups -OCH3 is 1. The van der Waals surface area contributed by atoms with Crippen molar-refractivity contribution in [1.29, 1.82) is 0 Å². The molecule has 0 radical (unpaired) electrons. The molecule has 0 spiro atoms. The summed E-state index contributed by atoms with van der Waals surface area (Å²) in [7, 11) is 1.41. The van der Waals surface area contributed by atoms with E-state index in [4.69, 9.17) is 9.73 Å². The smallest absolute Gasteiger partial charge is 0.330 e. The van der Waals surface area contributed by atoms with Crippen LogP contribution in [0, 0.1) is 6.92 Å². The molecule has 0 bridgehead atoms. The van der Waals surface area contributed by atoms with Crippen LogP contribution < -0.4 is 0 Å². The number of ether oxygens (including phenoxy) is 1. The summed E-state index contributed by atoms with van der Waals surface area (Å²) in [5, 5.41) is 1.11. The zero-order valence-electron chi connectivity index (χ0n) is 17.1. The van der Waals surface area contributed by atoms with Crippen molar-refractivity contribution in [3.8, 4) is 0 Å². The summed E-state index contributed by atoms with van der Waals surface area (Å²) in [6.45, 7) is 2.06. The number of carbonyl (C=O) groups is 1. The average Bonchev–Trinajstić information content (AvgIpc) is 3.19. The van der Waals surface area contributed by atoms with Gasteiger partial charge in [0.25, 0.3) is 0 Å². The third-order valence-corrected chi connectivity index (χ3v) is 5.19. The third kappa shape index (κ3) is 4.18. The Balaban J connectivity index is 1.79. The van der Waals surface area contributed by atoms with E-state index in [0.29, 0.717) is 6.42 Å². The summed E-state index contributed by atoms with van der Waals surface area (Å²) in [5.41, 5.74) is 5.99. The van der Waals surface area contributed by atoms with Crippen LogP contribution in [0.25, 0.3) is 10.9 Å². The van der Waals surface area contributed by atoms with Gasteiger partial charge in [-0.25, -0.2) is 4.79 Å². The summed E-state index contributed by atoms with van der Waals surface area (Å²) < 4.78 is 5.11. The minimum atomic E-state index is -0.648. The molecule has 1 N–H and O–H groups in total. The van der Waals surface area contributed by atoms with Gasteiger partial charge < -0.3 is 9.72 Å². The molecule has 0 saturated heterocycles. The normalized spacial score (nSPS) is 11.8. The number of hydrogen-bond acceptors (Lipinski definition) is 3. The van der Waals surface area contributed by atoms with Gasteiger partial charge in [-0.05, 0) is 24.6 Å². The molecule has 1 unspecified atom stereocenters. The number of aromatic nitrogens is 1. The summed E-state index contributed by atoms with van der Waals surface area (Å²) in [4.78, 5) is 20.9. The number of nitrogens with one attached hydrogen (secondary N) is 1. The molecule has 0 fully saturated rings. The van der Waals surface area contributed by atoms with Gasteiger partial charge in [-0.15, -0.1) is 0 Å². The van der Waals surface area contributed by atoms with Gasteiger partial charge in [0.05, 0.1) is 12.8 Å². The maximum atomic E-state index is 12.7. The van der Waals surface area contributed by atoms with E-state index < -0.39 is 6.04 Å². The topological polar surface area (TPSA) is 54.5 Å². The summed E-state index contributed by atoms with van der Waals surface area (Å²) in [6, 6.07) is 25.5. The van der Waals surface area contributed by atoms with Gasteiger partial charge in [0.15, 0.2) is 6.04 Å². The fourth-order valence-electron chi connectivity index (χ4n) is 3.65. The molecule has 0 saturated carbocycles. The highest BCUT2D eigenvalue weighted by Crippen LogP contribution is 2.23. The Morgan fingerprint density at radius 2 is 1.60 bits per heavy atom. The molecule has 4 nitrogen and oxygen atoms in total. The van der Waals surface area contributed by atoms with Crippen LogP contribution in [0.1, 0.15) is 22.3 Å². The first-order chi connectivity index (χ1) is 14.7. The molecule has 4 aromatic rings. The molecule has 1 atom stereocenters. The number of esters is 1. The second kappa shape index (κ2) is 8.78. The lowest BCUT2D eigenvalue weighted by Crippen LogP contribution is -2.25. The molecule has 0 aliphatic rings. The van der Waals surface area contributed by atoms with Gasteiger partial charge in [0.2, 0.25) is 0 Å². The fourth-order valence-corrected chi connectivity index (χ4v) is 3.65. The number of rotatable bonds is 6. The van der Waals surface area contributed by atoms with Crippen molar-refractivity contribution >= 4 is 22.6 Å². The molecule has 0 amide bonds. The van der Waals surface area contributed by atoms with Crippen LogP contribution in [0.5, 0.6) is 0 Å². The molecule has 150 valence electrons. The number of aliphatic imine (C=N–C) groups is 1. The standard InChI is InChI=1S/C26H24N2O2/c1-18-13-14-23-22(15-18)21(17-27-23)16-24(26(29)30-2)28-25(19-9-5-3-6-10-19)20-11-7-4-8-12-20/h3-15,17,24,27H,16H2,1-2H3. The number of fused-ring (bicyclic) bond motifs is 1. The Hall–Kier alpha value is -3.66. The highest BCUT2D eigenvalue weighted by atomic mass is 16.5. The quantitative estimate of drug-likeness (QED) is 0.364. The summed E-state index contributed by atoms with van der Waals surface area (Å²) in [6.07, 6.45) is 2.42. The molecule has 0 aliphatic carbocycles.